The lowest BCUT2D eigenvalue weighted by Crippen LogP contribution is -2.48. The minimum atomic E-state index is 0.0905. The van der Waals surface area contributed by atoms with Gasteiger partial charge in [-0.1, -0.05) is 42.5 Å². The first-order valence-corrected chi connectivity index (χ1v) is 13.7. The molecule has 0 unspecified atom stereocenters. The van der Waals surface area contributed by atoms with Crippen LogP contribution in [0.1, 0.15) is 42.6 Å². The Bertz CT molecular complexity index is 1120. The topological polar surface area (TPSA) is 70.6 Å². The molecule has 1 N–H and O–H groups in total. The number of nitrogens with one attached hydrogen (secondary N) is 1. The molecule has 8 heteroatoms. The minimum absolute atomic E-state index is 0.0905. The predicted octanol–water partition coefficient (Wildman–Crippen LogP) is 4.13. The molecule has 2 aromatic carbocycles. The van der Waals surface area contributed by atoms with Gasteiger partial charge in [-0.25, -0.2) is 4.98 Å². The first-order valence-electron chi connectivity index (χ1n) is 12.9. The van der Waals surface area contributed by atoms with Crippen molar-refractivity contribution in [3.63, 3.8) is 0 Å². The highest BCUT2D eigenvalue weighted by Gasteiger charge is 2.29. The summed E-state index contributed by atoms with van der Waals surface area (Å²) in [5, 5.41) is 4.30. The van der Waals surface area contributed by atoms with Crippen molar-refractivity contribution >= 4 is 22.6 Å². The van der Waals surface area contributed by atoms with Crippen LogP contribution in [0.5, 0.6) is 5.75 Å². The Balaban J connectivity index is 1.05. The number of carbonyl (C=O) groups is 1. The van der Waals surface area contributed by atoms with E-state index in [1.165, 1.54) is 17.1 Å². The maximum Gasteiger partial charge on any atom is 0.223 e. The Labute approximate surface area is 217 Å². The van der Waals surface area contributed by atoms with E-state index in [1.54, 1.807) is 7.11 Å². The summed E-state index contributed by atoms with van der Waals surface area (Å²) in [5.74, 6) is 2.00. The van der Waals surface area contributed by atoms with Gasteiger partial charge in [-0.15, -0.1) is 0 Å². The van der Waals surface area contributed by atoms with Crippen LogP contribution in [0.25, 0.3) is 0 Å². The number of likely N-dealkylation sites (tertiary alicyclic amines) is 1. The van der Waals surface area contributed by atoms with Gasteiger partial charge in [-0.2, -0.15) is 4.37 Å². The number of ether oxygens (including phenoxy) is 1. The molecule has 0 aliphatic carbocycles. The monoisotopic (exact) mass is 505 g/mol. The summed E-state index contributed by atoms with van der Waals surface area (Å²) in [6, 6.07) is 18.9. The number of benzene rings is 2. The lowest BCUT2D eigenvalue weighted by molar-refractivity contribution is -0.126. The Morgan fingerprint density at radius 2 is 1.75 bits per heavy atom. The molecule has 2 aliphatic heterocycles. The second kappa shape index (κ2) is 11.8. The first-order chi connectivity index (χ1) is 17.7. The molecule has 0 atom stereocenters. The highest BCUT2D eigenvalue weighted by Crippen LogP contribution is 2.26. The standard InChI is InChI=1S/C28H35N5O2S/c1-35-25-9-5-8-22(18-25)19-26-30-28(36-31-26)33-16-10-23(11-17-33)27(34)29-24-12-14-32(15-13-24)20-21-6-3-2-4-7-21/h2-9,18,23-24H,10-17,19-20H2,1H3,(H,29,34). The van der Waals surface area contributed by atoms with E-state index in [-0.39, 0.29) is 11.8 Å². The predicted molar refractivity (Wildman–Crippen MR) is 144 cm³/mol. The van der Waals surface area contributed by atoms with E-state index in [0.717, 1.165) is 80.7 Å². The number of hydrogen-bond acceptors (Lipinski definition) is 7. The first kappa shape index (κ1) is 24.7. The van der Waals surface area contributed by atoms with E-state index in [9.17, 15) is 4.79 Å². The molecule has 36 heavy (non-hydrogen) atoms. The zero-order valence-corrected chi connectivity index (χ0v) is 21.8. The molecule has 0 bridgehead atoms. The second-order valence-corrected chi connectivity index (χ2v) is 10.6. The summed E-state index contributed by atoms with van der Waals surface area (Å²) in [6.45, 7) is 4.76. The quantitative estimate of drug-likeness (QED) is 0.496. The maximum atomic E-state index is 13.0. The third-order valence-corrected chi connectivity index (χ3v) is 8.09. The molecule has 5 rings (SSSR count). The number of methoxy groups -OCH3 is 1. The number of nitrogens with zero attached hydrogens (tertiary/aromatic N) is 4. The van der Waals surface area contributed by atoms with Crippen LogP contribution in [0.2, 0.25) is 0 Å². The minimum Gasteiger partial charge on any atom is -0.497 e. The number of anilines is 1. The van der Waals surface area contributed by atoms with Crippen LogP contribution < -0.4 is 15.0 Å². The van der Waals surface area contributed by atoms with Gasteiger partial charge in [0.2, 0.25) is 11.0 Å². The summed E-state index contributed by atoms with van der Waals surface area (Å²) in [4.78, 5) is 22.5. The van der Waals surface area contributed by atoms with E-state index in [0.29, 0.717) is 12.5 Å². The molecule has 1 amide bonds. The van der Waals surface area contributed by atoms with E-state index in [4.69, 9.17) is 9.72 Å². The fraction of sp³-hybridized carbons (Fsp3) is 0.464. The number of hydrogen-bond donors (Lipinski definition) is 1. The molecule has 7 nitrogen and oxygen atoms in total. The van der Waals surface area contributed by atoms with Crippen LogP contribution >= 0.6 is 11.5 Å². The normalized spacial score (nSPS) is 17.8. The zero-order valence-electron chi connectivity index (χ0n) is 20.9. The van der Waals surface area contributed by atoms with Gasteiger partial charge >= 0.3 is 0 Å². The number of aromatic nitrogens is 2. The van der Waals surface area contributed by atoms with Crippen LogP contribution in [0.15, 0.2) is 54.6 Å². The van der Waals surface area contributed by atoms with Gasteiger partial charge in [0.1, 0.15) is 11.6 Å². The van der Waals surface area contributed by atoms with Gasteiger partial charge in [0, 0.05) is 62.6 Å². The van der Waals surface area contributed by atoms with E-state index in [2.05, 4.69) is 55.9 Å². The van der Waals surface area contributed by atoms with Crippen molar-refractivity contribution in [2.24, 2.45) is 5.92 Å². The summed E-state index contributed by atoms with van der Waals surface area (Å²) < 4.78 is 9.89. The van der Waals surface area contributed by atoms with Gasteiger partial charge in [0.05, 0.1) is 7.11 Å². The molecule has 0 saturated carbocycles. The summed E-state index contributed by atoms with van der Waals surface area (Å²) in [6.07, 6.45) is 4.47. The summed E-state index contributed by atoms with van der Waals surface area (Å²) in [7, 11) is 1.68. The Kier molecular flexibility index (Phi) is 8.13. The fourth-order valence-corrected chi connectivity index (χ4v) is 5.88. The van der Waals surface area contributed by atoms with Gasteiger partial charge in [-0.3, -0.25) is 9.69 Å². The third kappa shape index (κ3) is 6.42. The Hall–Kier alpha value is -2.97. The summed E-state index contributed by atoms with van der Waals surface area (Å²) in [5.41, 5.74) is 2.49. The van der Waals surface area contributed by atoms with Crippen LogP contribution in [-0.4, -0.2) is 59.5 Å². The van der Waals surface area contributed by atoms with E-state index in [1.807, 2.05) is 18.2 Å². The van der Waals surface area contributed by atoms with E-state index >= 15 is 0 Å². The lowest BCUT2D eigenvalue weighted by Gasteiger charge is -2.35. The smallest absolute Gasteiger partial charge is 0.223 e. The van der Waals surface area contributed by atoms with Crippen LogP contribution in [0.4, 0.5) is 5.13 Å². The van der Waals surface area contributed by atoms with Crippen molar-refractivity contribution in [3.05, 3.63) is 71.5 Å². The lowest BCUT2D eigenvalue weighted by atomic mass is 9.95. The number of amides is 1. The average molecular weight is 506 g/mol. The van der Waals surface area contributed by atoms with Crippen molar-refractivity contribution in [2.75, 3.05) is 38.2 Å². The molecule has 190 valence electrons. The highest BCUT2D eigenvalue weighted by molar-refractivity contribution is 7.09. The SMILES string of the molecule is COc1cccc(Cc2nsc(N3CCC(C(=O)NC4CCN(Cc5ccccc5)CC4)CC3)n2)c1. The molecule has 2 fully saturated rings. The number of rotatable bonds is 8. The van der Waals surface area contributed by atoms with Crippen molar-refractivity contribution in [1.82, 2.24) is 19.6 Å². The molecule has 0 spiro atoms. The Morgan fingerprint density at radius 3 is 2.50 bits per heavy atom. The van der Waals surface area contributed by atoms with Crippen molar-refractivity contribution in [2.45, 2.75) is 44.7 Å². The number of carbonyl (C=O) groups excluding carboxylic acids is 1. The Morgan fingerprint density at radius 1 is 1.00 bits per heavy atom. The molecule has 2 saturated heterocycles. The van der Waals surface area contributed by atoms with Crippen LogP contribution in [0, 0.1) is 5.92 Å². The van der Waals surface area contributed by atoms with Crippen molar-refractivity contribution in [1.29, 1.82) is 0 Å². The average Bonchev–Trinajstić information content (AvgIpc) is 3.39. The summed E-state index contributed by atoms with van der Waals surface area (Å²) >= 11 is 1.45. The van der Waals surface area contributed by atoms with Gasteiger partial charge < -0.3 is 15.0 Å². The molecule has 0 radical (unpaired) electrons. The van der Waals surface area contributed by atoms with Gasteiger partial charge in [-0.05, 0) is 48.9 Å². The second-order valence-electron chi connectivity index (χ2n) is 9.83. The molecule has 2 aliphatic rings. The highest BCUT2D eigenvalue weighted by atomic mass is 32.1. The molecular formula is C28H35N5O2S. The third-order valence-electron chi connectivity index (χ3n) is 7.27. The molecule has 1 aromatic heterocycles. The molecule has 3 heterocycles. The fourth-order valence-electron chi connectivity index (χ4n) is 5.14. The number of piperidine rings is 2. The van der Waals surface area contributed by atoms with Crippen molar-refractivity contribution in [3.8, 4) is 5.75 Å². The zero-order chi connectivity index (χ0) is 24.7. The van der Waals surface area contributed by atoms with Gasteiger partial charge in [0.15, 0.2) is 0 Å². The van der Waals surface area contributed by atoms with Crippen LogP contribution in [-0.2, 0) is 17.8 Å². The van der Waals surface area contributed by atoms with Crippen LogP contribution in [0.3, 0.4) is 0 Å². The maximum absolute atomic E-state index is 13.0. The van der Waals surface area contributed by atoms with Gasteiger partial charge in [0.25, 0.3) is 0 Å². The largest absolute Gasteiger partial charge is 0.497 e. The van der Waals surface area contributed by atoms with E-state index < -0.39 is 0 Å². The molecule has 3 aromatic rings. The van der Waals surface area contributed by atoms with Crippen molar-refractivity contribution < 1.29 is 9.53 Å². The molecular weight excluding hydrogens is 470 g/mol.